The van der Waals surface area contributed by atoms with Crippen LogP contribution in [0.5, 0.6) is 0 Å². The maximum atomic E-state index is 3.66. The second-order valence-electron chi connectivity index (χ2n) is 1.39. The van der Waals surface area contributed by atoms with E-state index in [4.69, 9.17) is 0 Å². The quantitative estimate of drug-likeness (QED) is 0.427. The molecule has 0 bridgehead atoms. The Morgan fingerprint density at radius 3 is 2.00 bits per heavy atom. The van der Waals surface area contributed by atoms with Gasteiger partial charge in [-0.25, -0.2) is 0 Å². The van der Waals surface area contributed by atoms with Gasteiger partial charge in [0.1, 0.15) is 0 Å². The van der Waals surface area contributed by atoms with E-state index >= 15 is 0 Å². The molecule has 1 heteroatoms. The van der Waals surface area contributed by atoms with E-state index in [-0.39, 0.29) is 0 Å². The van der Waals surface area contributed by atoms with E-state index in [9.17, 15) is 0 Å². The average molecular weight is 163 g/mol. The van der Waals surface area contributed by atoms with E-state index in [1.807, 2.05) is 16.2 Å². The molecule has 0 nitrogen and oxygen atoms in total. The molecule has 0 aromatic heterocycles. The topological polar surface area (TPSA) is 0 Å². The summed E-state index contributed by atoms with van der Waals surface area (Å²) in [7, 11) is 0. The van der Waals surface area contributed by atoms with Crippen molar-refractivity contribution < 1.29 is 0 Å². The van der Waals surface area contributed by atoms with E-state index in [1.54, 1.807) is 0 Å². The van der Waals surface area contributed by atoms with Gasteiger partial charge < -0.3 is 0 Å². The Balaban J connectivity index is 3.82. The van der Waals surface area contributed by atoms with Gasteiger partial charge in [0.05, 0.1) is 0 Å². The van der Waals surface area contributed by atoms with Crippen molar-refractivity contribution in [1.82, 2.24) is 0 Å². The second-order valence-corrected chi connectivity index (χ2v) is 6.18. The Morgan fingerprint density at radius 2 is 1.88 bits per heavy atom. The predicted molar refractivity (Wildman–Crippen MR) is 39.6 cm³/mol. The van der Waals surface area contributed by atoms with Crippen molar-refractivity contribution >= 4 is 16.2 Å². The maximum absolute atomic E-state index is 3.66. The molecule has 0 unspecified atom stereocenters. The Labute approximate surface area is 56.3 Å². The Kier molecular flexibility index (Phi) is 4.63. The zero-order valence-electron chi connectivity index (χ0n) is 5.15. The molecule has 0 heterocycles. The zero-order valence-corrected chi connectivity index (χ0v) is 7.57. The Hall–Kier alpha value is -0.324. The molecule has 0 atom stereocenters. The molecule has 0 saturated carbocycles. The van der Waals surface area contributed by atoms with Gasteiger partial charge in [0.2, 0.25) is 0 Å². The summed E-state index contributed by atoms with van der Waals surface area (Å²) in [6, 6.07) is 0. The normalized spacial score (nSPS) is 6.12. The van der Waals surface area contributed by atoms with Crippen molar-refractivity contribution in [2.24, 2.45) is 0 Å². The molecule has 0 spiro atoms. The van der Waals surface area contributed by atoms with Crippen LogP contribution in [0.1, 0.15) is 6.92 Å². The fourth-order valence-corrected chi connectivity index (χ4v) is 1.98. The summed E-state index contributed by atoms with van der Waals surface area (Å²) in [6.07, 6.45) is 0. The van der Waals surface area contributed by atoms with E-state index in [2.05, 4.69) is 23.6 Å². The SMILES string of the molecule is C=[CH][Ga]([C]#CC)[CH]=C. The molecule has 0 saturated heterocycles. The van der Waals surface area contributed by atoms with Gasteiger partial charge in [-0.3, -0.25) is 0 Å². The third kappa shape index (κ3) is 2.78. The molecule has 0 aliphatic rings. The Bertz CT molecular complexity index is 128. The van der Waals surface area contributed by atoms with Gasteiger partial charge in [0.15, 0.2) is 0 Å². The van der Waals surface area contributed by atoms with Gasteiger partial charge in [0, 0.05) is 0 Å². The van der Waals surface area contributed by atoms with Crippen LogP contribution >= 0.6 is 0 Å². The van der Waals surface area contributed by atoms with Crippen molar-refractivity contribution in [3.05, 3.63) is 22.4 Å². The van der Waals surface area contributed by atoms with Crippen molar-refractivity contribution in [2.75, 3.05) is 0 Å². The minimum atomic E-state index is -1.44. The van der Waals surface area contributed by atoms with Crippen LogP contribution < -0.4 is 0 Å². The molecule has 0 aliphatic heterocycles. The summed E-state index contributed by atoms with van der Waals surface area (Å²) >= 11 is -1.44. The van der Waals surface area contributed by atoms with Crippen LogP contribution in [-0.2, 0) is 0 Å². The van der Waals surface area contributed by atoms with Gasteiger partial charge in [-0.1, -0.05) is 0 Å². The van der Waals surface area contributed by atoms with E-state index in [0.717, 1.165) is 0 Å². The first-order valence-corrected chi connectivity index (χ1v) is 6.53. The third-order valence-corrected chi connectivity index (χ3v) is 4.25. The molecule has 0 aromatic carbocycles. The average Bonchev–Trinajstić information content (AvgIpc) is 1.83. The monoisotopic (exact) mass is 162 g/mol. The molecule has 40 valence electrons. The molecule has 8 heavy (non-hydrogen) atoms. The van der Waals surface area contributed by atoms with Crippen molar-refractivity contribution in [3.63, 3.8) is 0 Å². The van der Waals surface area contributed by atoms with Gasteiger partial charge in [-0.15, -0.1) is 0 Å². The fourth-order valence-electron chi connectivity index (χ4n) is 0.381. The first-order chi connectivity index (χ1) is 3.85. The van der Waals surface area contributed by atoms with E-state index < -0.39 is 16.2 Å². The van der Waals surface area contributed by atoms with Gasteiger partial charge in [-0.05, 0) is 0 Å². The standard InChI is InChI=1S/C3H3.2C2H3.Ga/c1-3-2;2*1-2;/h1H3;2*1H,2H2;. The van der Waals surface area contributed by atoms with Crippen LogP contribution in [0.3, 0.4) is 0 Å². The Morgan fingerprint density at radius 1 is 1.38 bits per heavy atom. The molecule has 0 N–H and O–H groups in total. The molecule has 0 fully saturated rings. The van der Waals surface area contributed by atoms with Crippen molar-refractivity contribution in [3.8, 4) is 10.4 Å². The summed E-state index contributed by atoms with van der Waals surface area (Å²) in [5.74, 6) is 2.86. The number of hydrogen-bond donors (Lipinski definition) is 0. The number of hydrogen-bond acceptors (Lipinski definition) is 0. The third-order valence-electron chi connectivity index (χ3n) is 0.819. The predicted octanol–water partition coefficient (Wildman–Crippen LogP) is 1.49. The van der Waals surface area contributed by atoms with Gasteiger partial charge >= 0.3 is 56.0 Å². The molecule has 0 aliphatic carbocycles. The molecular formula is C7H9Ga. The first-order valence-electron chi connectivity index (χ1n) is 2.52. The first kappa shape index (κ1) is 7.68. The van der Waals surface area contributed by atoms with Crippen LogP contribution in [0.25, 0.3) is 0 Å². The van der Waals surface area contributed by atoms with Gasteiger partial charge in [-0.2, -0.15) is 0 Å². The summed E-state index contributed by atoms with van der Waals surface area (Å²) in [5.41, 5.74) is 0. The zero-order chi connectivity index (χ0) is 6.41. The molecule has 0 rings (SSSR count). The van der Waals surface area contributed by atoms with Crippen molar-refractivity contribution in [2.45, 2.75) is 6.92 Å². The second kappa shape index (κ2) is 4.83. The summed E-state index contributed by atoms with van der Waals surface area (Å²) in [4.78, 5) is 0. The van der Waals surface area contributed by atoms with Crippen LogP contribution in [0.4, 0.5) is 0 Å². The minimum absolute atomic E-state index is 1.44. The fraction of sp³-hybridized carbons (Fsp3) is 0.143. The van der Waals surface area contributed by atoms with Gasteiger partial charge in [0.25, 0.3) is 0 Å². The van der Waals surface area contributed by atoms with Crippen LogP contribution in [-0.4, -0.2) is 16.2 Å². The van der Waals surface area contributed by atoms with Crippen molar-refractivity contribution in [1.29, 1.82) is 0 Å². The number of rotatable bonds is 2. The molecule has 0 amide bonds. The summed E-state index contributed by atoms with van der Waals surface area (Å²) in [5, 5.41) is 0. The summed E-state index contributed by atoms with van der Waals surface area (Å²) < 4.78 is 6.99. The summed E-state index contributed by atoms with van der Waals surface area (Å²) in [6.45, 7) is 9.17. The van der Waals surface area contributed by atoms with E-state index in [0.29, 0.717) is 0 Å². The van der Waals surface area contributed by atoms with Crippen LogP contribution in [0.2, 0.25) is 0 Å². The van der Waals surface area contributed by atoms with Crippen LogP contribution in [0.15, 0.2) is 22.4 Å². The van der Waals surface area contributed by atoms with E-state index in [1.165, 1.54) is 0 Å². The molecular weight excluding hydrogens is 154 g/mol. The molecule has 0 aromatic rings. The van der Waals surface area contributed by atoms with Crippen LogP contribution in [0, 0.1) is 10.4 Å². The molecule has 0 radical (unpaired) electrons.